The molecule has 1 aromatic rings. The Morgan fingerprint density at radius 2 is 2.30 bits per heavy atom. The maximum absolute atomic E-state index is 13.4. The fourth-order valence-corrected chi connectivity index (χ4v) is 3.59. The van der Waals surface area contributed by atoms with E-state index >= 15 is 0 Å². The molecule has 0 amide bonds. The number of nitrogens with one attached hydrogen (secondary N) is 1. The number of hydrogen-bond donors (Lipinski definition) is 2. The molecule has 6 heteroatoms. The molecule has 3 atom stereocenters. The van der Waals surface area contributed by atoms with Crippen molar-refractivity contribution in [2.24, 2.45) is 5.41 Å². The van der Waals surface area contributed by atoms with Crippen molar-refractivity contribution in [3.05, 3.63) is 23.8 Å². The number of ether oxygens (including phenoxy) is 2. The van der Waals surface area contributed by atoms with Gasteiger partial charge in [0.15, 0.2) is 5.79 Å². The molecule has 0 bridgehead atoms. The van der Waals surface area contributed by atoms with E-state index in [1.807, 2.05) is 0 Å². The summed E-state index contributed by atoms with van der Waals surface area (Å²) < 4.78 is 24.4. The first-order valence-electron chi connectivity index (χ1n) is 7.93. The van der Waals surface area contributed by atoms with E-state index in [2.05, 4.69) is 18.3 Å². The monoisotopic (exact) mass is 319 g/mol. The zero-order valence-corrected chi connectivity index (χ0v) is 13.3. The number of rotatable bonds is 3. The highest BCUT2D eigenvalue weighted by Crippen LogP contribution is 2.47. The maximum atomic E-state index is 13.4. The molecule has 0 aromatic heterocycles. The number of benzene rings is 1. The van der Waals surface area contributed by atoms with Crippen molar-refractivity contribution >= 4 is 11.4 Å². The number of alkyl halides is 1. The topological polar surface area (TPSA) is 80.3 Å². The van der Waals surface area contributed by atoms with Crippen LogP contribution in [0.1, 0.15) is 38.2 Å². The van der Waals surface area contributed by atoms with E-state index in [9.17, 15) is 4.39 Å². The highest BCUT2D eigenvalue weighted by Gasteiger charge is 2.49. The summed E-state index contributed by atoms with van der Waals surface area (Å²) in [6, 6.07) is 7.28. The number of halogens is 1. The molecule has 1 saturated carbocycles. The zero-order chi connectivity index (χ0) is 16.5. The zero-order valence-electron chi connectivity index (χ0n) is 13.3. The van der Waals surface area contributed by atoms with E-state index in [0.717, 1.165) is 24.9 Å². The van der Waals surface area contributed by atoms with Crippen LogP contribution >= 0.6 is 0 Å². The summed E-state index contributed by atoms with van der Waals surface area (Å²) in [5.74, 6) is -0.784. The van der Waals surface area contributed by atoms with E-state index in [1.165, 1.54) is 0 Å². The van der Waals surface area contributed by atoms with Gasteiger partial charge in [-0.05, 0) is 36.5 Å². The third kappa shape index (κ3) is 3.41. The fourth-order valence-electron chi connectivity index (χ4n) is 3.59. The van der Waals surface area contributed by atoms with Gasteiger partial charge in [-0.15, -0.1) is 0 Å². The predicted molar refractivity (Wildman–Crippen MR) is 85.3 cm³/mol. The predicted octanol–water partition coefficient (Wildman–Crippen LogP) is 3.17. The average Bonchev–Trinajstić information content (AvgIpc) is 2.86. The van der Waals surface area contributed by atoms with Gasteiger partial charge in [0.25, 0.3) is 0 Å². The molecule has 1 heterocycles. The molecule has 0 radical (unpaired) electrons. The number of nitriles is 1. The minimum Gasteiger partial charge on any atom is -0.397 e. The molecule has 3 rings (SSSR count). The summed E-state index contributed by atoms with van der Waals surface area (Å²) in [7, 11) is 0. The number of nitrogen functional groups attached to an aromatic ring is 1. The van der Waals surface area contributed by atoms with Crippen LogP contribution in [0.25, 0.3) is 0 Å². The quantitative estimate of drug-likeness (QED) is 0.836. The first-order chi connectivity index (χ1) is 10.9. The van der Waals surface area contributed by atoms with Crippen LogP contribution in [-0.4, -0.2) is 25.3 Å². The standard InChI is InChI=1S/C17H22FN3O2/c1-16(5-2-6-17(10-16)22-9-15(18)23-17)11-21-14-7-12(8-19)3-4-13(14)20/h3-4,7,15,21H,2,5-6,9-11,20H2,1H3. The van der Waals surface area contributed by atoms with Crippen LogP contribution in [0.5, 0.6) is 0 Å². The first kappa shape index (κ1) is 16.0. The molecule has 1 aliphatic heterocycles. The average molecular weight is 319 g/mol. The van der Waals surface area contributed by atoms with Gasteiger partial charge in [0, 0.05) is 19.4 Å². The lowest BCUT2D eigenvalue weighted by atomic mass is 9.72. The van der Waals surface area contributed by atoms with Crippen molar-refractivity contribution in [3.8, 4) is 6.07 Å². The van der Waals surface area contributed by atoms with Gasteiger partial charge in [-0.1, -0.05) is 6.92 Å². The lowest BCUT2D eigenvalue weighted by molar-refractivity contribution is -0.219. The van der Waals surface area contributed by atoms with Gasteiger partial charge in [0.05, 0.1) is 23.0 Å². The van der Waals surface area contributed by atoms with E-state index < -0.39 is 12.1 Å². The summed E-state index contributed by atoms with van der Waals surface area (Å²) in [5.41, 5.74) is 7.80. The third-order valence-electron chi connectivity index (χ3n) is 4.74. The molecule has 2 fully saturated rings. The molecule has 1 aromatic carbocycles. The number of nitrogens with two attached hydrogens (primary N) is 1. The summed E-state index contributed by atoms with van der Waals surface area (Å²) in [4.78, 5) is 0. The molecule has 2 aliphatic rings. The Kier molecular flexibility index (Phi) is 4.17. The van der Waals surface area contributed by atoms with Crippen molar-refractivity contribution in [3.63, 3.8) is 0 Å². The van der Waals surface area contributed by atoms with Crippen LogP contribution in [-0.2, 0) is 9.47 Å². The van der Waals surface area contributed by atoms with Crippen LogP contribution in [0.15, 0.2) is 18.2 Å². The summed E-state index contributed by atoms with van der Waals surface area (Å²) >= 11 is 0. The van der Waals surface area contributed by atoms with Gasteiger partial charge >= 0.3 is 0 Å². The Balaban J connectivity index is 1.68. The van der Waals surface area contributed by atoms with Crippen molar-refractivity contribution < 1.29 is 13.9 Å². The normalized spacial score (nSPS) is 33.5. The first-order valence-corrected chi connectivity index (χ1v) is 7.93. The Bertz CT molecular complexity index is 629. The number of hydrogen-bond acceptors (Lipinski definition) is 5. The molecular formula is C17H22FN3O2. The van der Waals surface area contributed by atoms with Gasteiger partial charge in [0.2, 0.25) is 6.36 Å². The molecular weight excluding hydrogens is 297 g/mol. The minimum atomic E-state index is -1.33. The van der Waals surface area contributed by atoms with E-state index in [4.69, 9.17) is 20.5 Å². The number of nitrogens with zero attached hydrogens (tertiary/aromatic N) is 1. The largest absolute Gasteiger partial charge is 0.397 e. The molecule has 1 aliphatic carbocycles. The van der Waals surface area contributed by atoms with E-state index in [0.29, 0.717) is 24.2 Å². The third-order valence-corrected chi connectivity index (χ3v) is 4.74. The molecule has 1 spiro atoms. The second-order valence-electron chi connectivity index (χ2n) is 6.86. The Morgan fingerprint density at radius 3 is 3.00 bits per heavy atom. The van der Waals surface area contributed by atoms with E-state index in [-0.39, 0.29) is 12.0 Å². The minimum absolute atomic E-state index is 0.0146. The van der Waals surface area contributed by atoms with Crippen LogP contribution in [0.2, 0.25) is 0 Å². The van der Waals surface area contributed by atoms with Crippen molar-refractivity contribution in [1.82, 2.24) is 0 Å². The summed E-state index contributed by atoms with van der Waals surface area (Å²) in [5, 5.41) is 12.3. The van der Waals surface area contributed by atoms with Crippen LogP contribution < -0.4 is 11.1 Å². The van der Waals surface area contributed by atoms with Crippen LogP contribution in [0, 0.1) is 16.7 Å². The van der Waals surface area contributed by atoms with Gasteiger partial charge in [-0.25, -0.2) is 4.39 Å². The maximum Gasteiger partial charge on any atom is 0.225 e. The second-order valence-corrected chi connectivity index (χ2v) is 6.86. The summed E-state index contributed by atoms with van der Waals surface area (Å²) in [6.45, 7) is 2.82. The molecule has 3 unspecified atom stereocenters. The van der Waals surface area contributed by atoms with Gasteiger partial charge in [-0.2, -0.15) is 5.26 Å². The number of anilines is 2. The van der Waals surface area contributed by atoms with Gasteiger partial charge in [-0.3, -0.25) is 0 Å². The van der Waals surface area contributed by atoms with E-state index in [1.54, 1.807) is 18.2 Å². The molecule has 3 N–H and O–H groups in total. The fraction of sp³-hybridized carbons (Fsp3) is 0.588. The SMILES string of the molecule is CC1(CNc2cc(C#N)ccc2N)CCCC2(C1)OCC(F)O2. The van der Waals surface area contributed by atoms with Crippen LogP contribution in [0.4, 0.5) is 15.8 Å². The summed E-state index contributed by atoms with van der Waals surface area (Å²) in [6.07, 6.45) is 1.98. The Morgan fingerprint density at radius 1 is 1.48 bits per heavy atom. The van der Waals surface area contributed by atoms with Gasteiger partial charge < -0.3 is 20.5 Å². The van der Waals surface area contributed by atoms with Crippen molar-refractivity contribution in [1.29, 1.82) is 5.26 Å². The molecule has 124 valence electrons. The Labute approximate surface area is 135 Å². The molecule has 23 heavy (non-hydrogen) atoms. The van der Waals surface area contributed by atoms with Gasteiger partial charge in [0.1, 0.15) is 6.61 Å². The molecule has 5 nitrogen and oxygen atoms in total. The highest BCUT2D eigenvalue weighted by molar-refractivity contribution is 5.68. The lowest BCUT2D eigenvalue weighted by Crippen LogP contribution is -2.44. The highest BCUT2D eigenvalue weighted by atomic mass is 19.1. The molecule has 1 saturated heterocycles. The van der Waals surface area contributed by atoms with Crippen LogP contribution in [0.3, 0.4) is 0 Å². The van der Waals surface area contributed by atoms with Crippen molar-refractivity contribution in [2.75, 3.05) is 24.2 Å². The van der Waals surface area contributed by atoms with Crippen molar-refractivity contribution in [2.45, 2.75) is 44.8 Å². The Hall–Kier alpha value is -1.84. The second kappa shape index (κ2) is 5.99. The smallest absolute Gasteiger partial charge is 0.225 e. The lowest BCUT2D eigenvalue weighted by Gasteiger charge is -2.43.